The molecule has 0 saturated heterocycles. The number of nitrogens with zero attached hydrogens (tertiary/aromatic N) is 2. The third kappa shape index (κ3) is 3.79. The second kappa shape index (κ2) is 7.34. The van der Waals surface area contributed by atoms with Crippen molar-refractivity contribution in [3.63, 3.8) is 0 Å². The van der Waals surface area contributed by atoms with E-state index >= 15 is 0 Å². The lowest BCUT2D eigenvalue weighted by Gasteiger charge is -2.26. The smallest absolute Gasteiger partial charge is 0.307 e. The first-order chi connectivity index (χ1) is 12.1. The van der Waals surface area contributed by atoms with Crippen LogP contribution in [0.4, 0.5) is 0 Å². The van der Waals surface area contributed by atoms with Gasteiger partial charge in [0.05, 0.1) is 23.6 Å². The van der Waals surface area contributed by atoms with Gasteiger partial charge in [0.2, 0.25) is 5.91 Å². The number of amides is 1. The average molecular weight is 339 g/mol. The van der Waals surface area contributed by atoms with Crippen LogP contribution in [0, 0.1) is 11.8 Å². The van der Waals surface area contributed by atoms with Crippen LogP contribution in [0.15, 0.2) is 54.9 Å². The molecule has 1 heterocycles. The van der Waals surface area contributed by atoms with E-state index in [0.717, 1.165) is 11.3 Å². The summed E-state index contributed by atoms with van der Waals surface area (Å²) in [5.74, 6) is -2.30. The molecule has 1 amide bonds. The molecule has 0 spiro atoms. The highest BCUT2D eigenvalue weighted by Gasteiger charge is 2.34. The maximum atomic E-state index is 12.5. The van der Waals surface area contributed by atoms with Gasteiger partial charge in [0.1, 0.15) is 0 Å². The number of aromatic nitrogens is 2. The summed E-state index contributed by atoms with van der Waals surface area (Å²) >= 11 is 0. The number of hydrogen-bond acceptors (Lipinski definition) is 3. The van der Waals surface area contributed by atoms with Crippen LogP contribution in [-0.4, -0.2) is 26.8 Å². The van der Waals surface area contributed by atoms with Gasteiger partial charge in [-0.15, -0.1) is 0 Å². The van der Waals surface area contributed by atoms with Gasteiger partial charge < -0.3 is 10.4 Å². The Morgan fingerprint density at radius 2 is 1.88 bits per heavy atom. The predicted molar refractivity (Wildman–Crippen MR) is 93.1 cm³/mol. The van der Waals surface area contributed by atoms with E-state index in [1.165, 1.54) is 0 Å². The molecule has 1 aliphatic carbocycles. The van der Waals surface area contributed by atoms with Crippen molar-refractivity contribution in [1.29, 1.82) is 0 Å². The fourth-order valence-corrected chi connectivity index (χ4v) is 3.12. The lowest BCUT2D eigenvalue weighted by atomic mass is 9.82. The molecule has 6 nitrogen and oxygen atoms in total. The Balaban J connectivity index is 1.67. The van der Waals surface area contributed by atoms with Gasteiger partial charge in [0, 0.05) is 12.4 Å². The monoisotopic (exact) mass is 339 g/mol. The Hall–Kier alpha value is -2.89. The van der Waals surface area contributed by atoms with E-state index in [2.05, 4.69) is 10.4 Å². The largest absolute Gasteiger partial charge is 0.481 e. The molecule has 3 atom stereocenters. The number of carbonyl (C=O) groups excluding carboxylic acids is 1. The molecule has 2 N–H and O–H groups in total. The van der Waals surface area contributed by atoms with Crippen molar-refractivity contribution in [3.8, 4) is 5.69 Å². The molecule has 0 saturated carbocycles. The Kier molecular flexibility index (Phi) is 4.97. The second-order valence-electron chi connectivity index (χ2n) is 6.27. The third-order valence-corrected chi connectivity index (χ3v) is 4.61. The zero-order valence-corrected chi connectivity index (χ0v) is 14.0. The average Bonchev–Trinajstić information content (AvgIpc) is 3.16. The van der Waals surface area contributed by atoms with E-state index in [1.54, 1.807) is 10.9 Å². The van der Waals surface area contributed by atoms with Crippen molar-refractivity contribution < 1.29 is 14.7 Å². The first-order valence-electron chi connectivity index (χ1n) is 8.34. The lowest BCUT2D eigenvalue weighted by molar-refractivity contribution is -0.147. The molecule has 0 bridgehead atoms. The number of allylic oxidation sites excluding steroid dienone is 2. The molecule has 1 aliphatic rings. The second-order valence-corrected chi connectivity index (χ2v) is 6.27. The topological polar surface area (TPSA) is 84.2 Å². The van der Waals surface area contributed by atoms with Crippen molar-refractivity contribution in [2.75, 3.05) is 0 Å². The van der Waals surface area contributed by atoms with Gasteiger partial charge in [-0.05, 0) is 43.5 Å². The highest BCUT2D eigenvalue weighted by atomic mass is 16.4. The molecule has 130 valence electrons. The minimum atomic E-state index is -0.916. The van der Waals surface area contributed by atoms with Gasteiger partial charge >= 0.3 is 5.97 Å². The molecular formula is C19H21N3O3. The Bertz CT molecular complexity index is 766. The minimum absolute atomic E-state index is 0.195. The van der Waals surface area contributed by atoms with Gasteiger partial charge in [-0.3, -0.25) is 9.59 Å². The standard InChI is InChI=1S/C19H21N3O3/c1-13(14-7-9-15(10-8-14)22-12-4-11-20-22)21-18(23)16-5-2-3-6-17(16)19(24)25/h2-4,7-13,16-17H,5-6H2,1H3,(H,21,23)(H,24,25)/t13-,16+,17-/m0/s1. The number of hydrogen-bond donors (Lipinski definition) is 2. The number of nitrogens with one attached hydrogen (secondary N) is 1. The summed E-state index contributed by atoms with van der Waals surface area (Å²) in [4.78, 5) is 23.9. The van der Waals surface area contributed by atoms with E-state index in [0.29, 0.717) is 12.8 Å². The van der Waals surface area contributed by atoms with Gasteiger partial charge in [-0.2, -0.15) is 5.10 Å². The highest BCUT2D eigenvalue weighted by Crippen LogP contribution is 2.27. The van der Waals surface area contributed by atoms with Crippen LogP contribution >= 0.6 is 0 Å². The van der Waals surface area contributed by atoms with Crippen LogP contribution in [0.1, 0.15) is 31.4 Å². The fraction of sp³-hybridized carbons (Fsp3) is 0.316. The zero-order valence-electron chi connectivity index (χ0n) is 14.0. The van der Waals surface area contributed by atoms with Crippen LogP contribution in [0.3, 0.4) is 0 Å². The summed E-state index contributed by atoms with van der Waals surface area (Å²) in [7, 11) is 0. The van der Waals surface area contributed by atoms with Gasteiger partial charge in [0.25, 0.3) is 0 Å². The molecule has 1 aromatic carbocycles. The van der Waals surface area contributed by atoms with Crippen molar-refractivity contribution >= 4 is 11.9 Å². The van der Waals surface area contributed by atoms with Crippen molar-refractivity contribution in [2.24, 2.45) is 11.8 Å². The van der Waals surface area contributed by atoms with Crippen LogP contribution in [-0.2, 0) is 9.59 Å². The third-order valence-electron chi connectivity index (χ3n) is 4.61. The van der Waals surface area contributed by atoms with Crippen LogP contribution < -0.4 is 5.32 Å². The number of benzene rings is 1. The van der Waals surface area contributed by atoms with Crippen LogP contribution in [0.25, 0.3) is 5.69 Å². The molecule has 25 heavy (non-hydrogen) atoms. The summed E-state index contributed by atoms with van der Waals surface area (Å²) in [5.41, 5.74) is 1.90. The predicted octanol–water partition coefficient (Wildman–Crippen LogP) is 2.72. The fourth-order valence-electron chi connectivity index (χ4n) is 3.12. The van der Waals surface area contributed by atoms with Crippen LogP contribution in [0.5, 0.6) is 0 Å². The maximum Gasteiger partial charge on any atom is 0.307 e. The van der Waals surface area contributed by atoms with E-state index < -0.39 is 17.8 Å². The van der Waals surface area contributed by atoms with E-state index in [4.69, 9.17) is 0 Å². The number of rotatable bonds is 5. The Morgan fingerprint density at radius 1 is 1.20 bits per heavy atom. The lowest BCUT2D eigenvalue weighted by Crippen LogP contribution is -2.39. The molecule has 2 aromatic rings. The minimum Gasteiger partial charge on any atom is -0.481 e. The Labute approximate surface area is 146 Å². The highest BCUT2D eigenvalue weighted by molar-refractivity contribution is 5.85. The molecule has 0 aliphatic heterocycles. The summed E-state index contributed by atoms with van der Waals surface area (Å²) in [6.45, 7) is 1.90. The molecule has 3 rings (SSSR count). The SMILES string of the molecule is C[C@H](NC(=O)[C@@H]1CC=CC[C@@H]1C(=O)O)c1ccc(-n2cccn2)cc1. The van der Waals surface area contributed by atoms with Crippen molar-refractivity contribution in [1.82, 2.24) is 15.1 Å². The molecule has 6 heteroatoms. The number of carbonyl (C=O) groups is 2. The van der Waals surface area contributed by atoms with E-state index in [1.807, 2.05) is 55.6 Å². The van der Waals surface area contributed by atoms with E-state index in [-0.39, 0.29) is 11.9 Å². The summed E-state index contributed by atoms with van der Waals surface area (Å²) in [6.07, 6.45) is 8.17. The molecule has 0 radical (unpaired) electrons. The maximum absolute atomic E-state index is 12.5. The zero-order chi connectivity index (χ0) is 17.8. The van der Waals surface area contributed by atoms with E-state index in [9.17, 15) is 14.7 Å². The number of carboxylic acid groups (broad SMARTS) is 1. The van der Waals surface area contributed by atoms with Crippen LogP contribution in [0.2, 0.25) is 0 Å². The summed E-state index contributed by atoms with van der Waals surface area (Å²) < 4.78 is 1.76. The molecule has 0 unspecified atom stereocenters. The van der Waals surface area contributed by atoms with Crippen molar-refractivity contribution in [3.05, 3.63) is 60.4 Å². The van der Waals surface area contributed by atoms with Gasteiger partial charge in [-0.1, -0.05) is 24.3 Å². The Morgan fingerprint density at radius 3 is 2.48 bits per heavy atom. The summed E-state index contributed by atoms with van der Waals surface area (Å²) in [6, 6.07) is 9.42. The number of aliphatic carboxylic acids is 1. The number of carboxylic acids is 1. The van der Waals surface area contributed by atoms with Gasteiger partial charge in [-0.25, -0.2) is 4.68 Å². The quantitative estimate of drug-likeness (QED) is 0.820. The molecular weight excluding hydrogens is 318 g/mol. The summed E-state index contributed by atoms with van der Waals surface area (Å²) in [5, 5.41) is 16.4. The molecule has 1 aromatic heterocycles. The van der Waals surface area contributed by atoms with Crippen molar-refractivity contribution in [2.45, 2.75) is 25.8 Å². The first kappa shape index (κ1) is 17.0. The normalized spacial score (nSPS) is 20.8. The molecule has 0 fully saturated rings. The first-order valence-corrected chi connectivity index (χ1v) is 8.34. The van der Waals surface area contributed by atoms with Gasteiger partial charge in [0.15, 0.2) is 0 Å².